The number of carbonyl (C=O) groups is 4. The van der Waals surface area contributed by atoms with Crippen LogP contribution in [-0.2, 0) is 32.0 Å². The van der Waals surface area contributed by atoms with Crippen molar-refractivity contribution in [2.45, 2.75) is 76.4 Å². The normalized spacial score (nSPS) is 20.4. The van der Waals surface area contributed by atoms with Crippen LogP contribution in [0, 0.1) is 12.8 Å². The lowest BCUT2D eigenvalue weighted by Crippen LogP contribution is -2.47. The van der Waals surface area contributed by atoms with E-state index in [1.54, 1.807) is 0 Å². The molecule has 3 N–H and O–H groups in total. The molecule has 0 radical (unpaired) electrons. The first-order chi connectivity index (χ1) is 18.8. The molecule has 208 valence electrons. The quantitative estimate of drug-likeness (QED) is 0.386. The fourth-order valence-electron chi connectivity index (χ4n) is 5.69. The van der Waals surface area contributed by atoms with E-state index in [2.05, 4.69) is 10.6 Å². The highest BCUT2D eigenvalue weighted by molar-refractivity contribution is 5.90. The Balaban J connectivity index is 1.49. The van der Waals surface area contributed by atoms with Crippen molar-refractivity contribution in [2.75, 3.05) is 13.1 Å². The third kappa shape index (κ3) is 7.99. The van der Waals surface area contributed by atoms with Gasteiger partial charge in [0.2, 0.25) is 11.8 Å². The number of rotatable bonds is 12. The van der Waals surface area contributed by atoms with Crippen LogP contribution < -0.4 is 10.6 Å². The van der Waals surface area contributed by atoms with Gasteiger partial charge in [0.05, 0.1) is 6.04 Å². The fourth-order valence-corrected chi connectivity index (χ4v) is 5.69. The Hall–Kier alpha value is -3.52. The number of carboxylic acid groups (broad SMARTS) is 1. The number of nitrogens with zero attached hydrogens (tertiary/aromatic N) is 1. The van der Waals surface area contributed by atoms with Crippen molar-refractivity contribution in [3.63, 3.8) is 0 Å². The van der Waals surface area contributed by atoms with Crippen LogP contribution in [0.15, 0.2) is 54.6 Å². The lowest BCUT2D eigenvalue weighted by molar-refractivity contribution is -0.150. The number of nitrogens with one attached hydrogen (secondary N) is 2. The van der Waals surface area contributed by atoms with Crippen LogP contribution >= 0.6 is 0 Å². The Morgan fingerprint density at radius 2 is 1.67 bits per heavy atom. The molecule has 2 saturated heterocycles. The fraction of sp³-hybridized carbons (Fsp3) is 0.484. The molecule has 2 aromatic carbocycles. The number of aliphatic carboxylic acids is 1. The molecule has 0 bridgehead atoms. The maximum atomic E-state index is 13.6. The number of hydrogen-bond donors (Lipinski definition) is 3. The Labute approximate surface area is 230 Å². The molecule has 2 heterocycles. The van der Waals surface area contributed by atoms with Crippen molar-refractivity contribution < 1.29 is 24.3 Å². The smallest absolute Gasteiger partial charge is 0.326 e. The summed E-state index contributed by atoms with van der Waals surface area (Å²) in [6, 6.07) is 16.1. The van der Waals surface area contributed by atoms with Crippen LogP contribution in [0.4, 0.5) is 0 Å². The summed E-state index contributed by atoms with van der Waals surface area (Å²) in [6.07, 6.45) is 3.74. The molecule has 4 atom stereocenters. The molecule has 4 rings (SSSR count). The first-order valence-corrected chi connectivity index (χ1v) is 14.0. The number of Topliss-reactive ketones (excluding diaryl/α,β-unsaturated/α-hetero) is 1. The van der Waals surface area contributed by atoms with Gasteiger partial charge in [-0.1, -0.05) is 60.2 Å². The summed E-state index contributed by atoms with van der Waals surface area (Å²) in [6.45, 7) is 3.17. The van der Waals surface area contributed by atoms with Crippen molar-refractivity contribution in [1.82, 2.24) is 15.5 Å². The zero-order valence-corrected chi connectivity index (χ0v) is 22.6. The minimum atomic E-state index is -1.01. The lowest BCUT2D eigenvalue weighted by Gasteiger charge is -2.27. The molecule has 2 aliphatic heterocycles. The molecule has 0 aromatic heterocycles. The SMILES string of the molecule is Cc1ccc(CC(CC(=O)CC(Cc2ccccc2)NC(=O)C2CCCN2)C(=O)N2CCCC2C(=O)O)cc1. The Morgan fingerprint density at radius 3 is 2.33 bits per heavy atom. The Morgan fingerprint density at radius 1 is 0.949 bits per heavy atom. The predicted molar refractivity (Wildman–Crippen MR) is 148 cm³/mol. The second kappa shape index (κ2) is 13.5. The molecule has 8 nitrogen and oxygen atoms in total. The van der Waals surface area contributed by atoms with Gasteiger partial charge in [0.15, 0.2) is 0 Å². The van der Waals surface area contributed by atoms with Crippen molar-refractivity contribution in [3.05, 3.63) is 71.3 Å². The monoisotopic (exact) mass is 533 g/mol. The summed E-state index contributed by atoms with van der Waals surface area (Å²) in [5.41, 5.74) is 3.04. The molecule has 2 aromatic rings. The number of hydrogen-bond acceptors (Lipinski definition) is 5. The molecular formula is C31H39N3O5. The molecule has 2 aliphatic rings. The van der Waals surface area contributed by atoms with Gasteiger partial charge >= 0.3 is 5.97 Å². The van der Waals surface area contributed by atoms with Crippen molar-refractivity contribution >= 4 is 23.6 Å². The highest BCUT2D eigenvalue weighted by Gasteiger charge is 2.38. The second-order valence-electron chi connectivity index (χ2n) is 10.9. The van der Waals surface area contributed by atoms with Crippen LogP contribution in [0.2, 0.25) is 0 Å². The number of amides is 2. The van der Waals surface area contributed by atoms with Crippen LogP contribution in [-0.4, -0.2) is 64.8 Å². The average molecular weight is 534 g/mol. The zero-order valence-electron chi connectivity index (χ0n) is 22.6. The third-order valence-corrected chi connectivity index (χ3v) is 7.77. The molecule has 0 saturated carbocycles. The van der Waals surface area contributed by atoms with Gasteiger partial charge in [-0.3, -0.25) is 14.4 Å². The van der Waals surface area contributed by atoms with Crippen molar-refractivity contribution in [3.8, 4) is 0 Å². The third-order valence-electron chi connectivity index (χ3n) is 7.77. The maximum absolute atomic E-state index is 13.6. The second-order valence-corrected chi connectivity index (χ2v) is 10.9. The summed E-state index contributed by atoms with van der Waals surface area (Å²) in [5.74, 6) is -2.17. The van der Waals surface area contributed by atoms with Crippen molar-refractivity contribution in [1.29, 1.82) is 0 Å². The van der Waals surface area contributed by atoms with E-state index in [9.17, 15) is 24.3 Å². The summed E-state index contributed by atoms with van der Waals surface area (Å²) in [5, 5.41) is 15.9. The van der Waals surface area contributed by atoms with E-state index in [0.717, 1.165) is 36.1 Å². The summed E-state index contributed by atoms with van der Waals surface area (Å²) in [4.78, 5) is 53.2. The number of carbonyl (C=O) groups excluding carboxylic acids is 3. The van der Waals surface area contributed by atoms with Gasteiger partial charge in [0.25, 0.3) is 0 Å². The van der Waals surface area contributed by atoms with E-state index in [1.165, 1.54) is 4.90 Å². The Kier molecular flexibility index (Phi) is 9.87. The molecule has 39 heavy (non-hydrogen) atoms. The summed E-state index contributed by atoms with van der Waals surface area (Å²) >= 11 is 0. The van der Waals surface area contributed by atoms with Gasteiger partial charge < -0.3 is 20.6 Å². The minimum absolute atomic E-state index is 0.00160. The van der Waals surface area contributed by atoms with E-state index in [1.807, 2.05) is 61.5 Å². The van der Waals surface area contributed by atoms with Gasteiger partial charge in [-0.15, -0.1) is 0 Å². The van der Waals surface area contributed by atoms with Crippen molar-refractivity contribution in [2.24, 2.45) is 5.92 Å². The number of carboxylic acids is 1. The molecule has 2 fully saturated rings. The highest BCUT2D eigenvalue weighted by atomic mass is 16.4. The van der Waals surface area contributed by atoms with Gasteiger partial charge in [0.1, 0.15) is 11.8 Å². The van der Waals surface area contributed by atoms with Gasteiger partial charge in [0, 0.05) is 31.3 Å². The van der Waals surface area contributed by atoms with Crippen LogP contribution in [0.1, 0.15) is 55.2 Å². The predicted octanol–water partition coefficient (Wildman–Crippen LogP) is 3.06. The average Bonchev–Trinajstić information content (AvgIpc) is 3.63. The first-order valence-electron chi connectivity index (χ1n) is 14.0. The van der Waals surface area contributed by atoms with E-state index in [-0.39, 0.29) is 36.5 Å². The van der Waals surface area contributed by atoms with E-state index in [0.29, 0.717) is 32.2 Å². The van der Waals surface area contributed by atoms with Gasteiger partial charge in [-0.25, -0.2) is 4.79 Å². The summed E-state index contributed by atoms with van der Waals surface area (Å²) in [7, 11) is 0. The number of benzene rings is 2. The maximum Gasteiger partial charge on any atom is 0.326 e. The molecule has 4 unspecified atom stereocenters. The Bertz CT molecular complexity index is 1140. The zero-order chi connectivity index (χ0) is 27.8. The van der Waals surface area contributed by atoms with Gasteiger partial charge in [-0.2, -0.15) is 0 Å². The number of likely N-dealkylation sites (tertiary alicyclic amines) is 1. The largest absolute Gasteiger partial charge is 0.480 e. The number of aryl methyl sites for hydroxylation is 1. The molecule has 0 aliphatic carbocycles. The van der Waals surface area contributed by atoms with Crippen LogP contribution in [0.5, 0.6) is 0 Å². The lowest BCUT2D eigenvalue weighted by atomic mass is 9.89. The molecular weight excluding hydrogens is 494 g/mol. The highest BCUT2D eigenvalue weighted by Crippen LogP contribution is 2.25. The standard InChI is InChI=1S/C31H39N3O5/c1-21-11-13-23(14-12-21)17-24(30(37)34-16-6-10-28(34)31(38)39)19-26(35)20-25(18-22-7-3-2-4-8-22)33-29(36)27-9-5-15-32-27/h2-4,7-8,11-14,24-25,27-28,32H,5-6,9-10,15-20H2,1H3,(H,33,36)(H,38,39). The molecule has 8 heteroatoms. The molecule has 2 amide bonds. The van der Waals surface area contributed by atoms with E-state index < -0.39 is 24.0 Å². The van der Waals surface area contributed by atoms with E-state index in [4.69, 9.17) is 0 Å². The summed E-state index contributed by atoms with van der Waals surface area (Å²) < 4.78 is 0. The molecule has 0 spiro atoms. The minimum Gasteiger partial charge on any atom is -0.480 e. The van der Waals surface area contributed by atoms with Crippen LogP contribution in [0.3, 0.4) is 0 Å². The van der Waals surface area contributed by atoms with E-state index >= 15 is 0 Å². The first kappa shape index (κ1) is 28.5. The number of ketones is 1. The topological polar surface area (TPSA) is 116 Å². The van der Waals surface area contributed by atoms with Crippen LogP contribution in [0.25, 0.3) is 0 Å². The van der Waals surface area contributed by atoms with Gasteiger partial charge in [-0.05, 0) is 63.1 Å².